The molecule has 0 amide bonds. The van der Waals surface area contributed by atoms with E-state index in [4.69, 9.17) is 5.73 Å². The molecule has 5 heteroatoms. The van der Waals surface area contributed by atoms with Gasteiger partial charge in [0.1, 0.15) is 0 Å². The molecule has 1 aromatic heterocycles. The number of hydrogen-bond acceptors (Lipinski definition) is 4. The number of rotatable bonds is 3. The molecule has 100 valence electrons. The lowest BCUT2D eigenvalue weighted by Crippen LogP contribution is -2.21. The molecular formula is C14H19N5. The van der Waals surface area contributed by atoms with Crippen LogP contribution >= 0.6 is 0 Å². The lowest BCUT2D eigenvalue weighted by atomic mass is 9.89. The van der Waals surface area contributed by atoms with Gasteiger partial charge in [-0.15, -0.1) is 5.10 Å². The Morgan fingerprint density at radius 3 is 2.58 bits per heavy atom. The van der Waals surface area contributed by atoms with Crippen LogP contribution in [0.5, 0.6) is 0 Å². The van der Waals surface area contributed by atoms with Crippen LogP contribution in [-0.4, -0.2) is 20.2 Å². The number of benzene rings is 1. The van der Waals surface area contributed by atoms with Crippen LogP contribution in [0.3, 0.4) is 0 Å². The number of nitrogens with two attached hydrogens (primary N) is 1. The van der Waals surface area contributed by atoms with Crippen LogP contribution in [0.4, 0.5) is 5.69 Å². The molecule has 1 aliphatic carbocycles. The molecule has 5 nitrogen and oxygen atoms in total. The SMILES string of the molecule is CC1(Cn2nnnc2-c2ccc(N)cc2)CCCC1. The smallest absolute Gasteiger partial charge is 0.182 e. The summed E-state index contributed by atoms with van der Waals surface area (Å²) in [7, 11) is 0. The van der Waals surface area contributed by atoms with Crippen molar-refractivity contribution in [2.75, 3.05) is 5.73 Å². The topological polar surface area (TPSA) is 69.6 Å². The maximum Gasteiger partial charge on any atom is 0.182 e. The molecule has 0 atom stereocenters. The minimum atomic E-state index is 0.331. The van der Waals surface area contributed by atoms with Crippen molar-refractivity contribution in [2.24, 2.45) is 5.41 Å². The van der Waals surface area contributed by atoms with E-state index in [1.54, 1.807) is 0 Å². The number of nitrogen functional groups attached to an aromatic ring is 1. The first-order valence-corrected chi connectivity index (χ1v) is 6.78. The van der Waals surface area contributed by atoms with Gasteiger partial charge in [0.25, 0.3) is 0 Å². The van der Waals surface area contributed by atoms with Gasteiger partial charge < -0.3 is 5.73 Å². The summed E-state index contributed by atoms with van der Waals surface area (Å²) in [6.45, 7) is 3.22. The van der Waals surface area contributed by atoms with E-state index in [0.717, 1.165) is 23.6 Å². The third-order valence-electron chi connectivity index (χ3n) is 4.04. The summed E-state index contributed by atoms with van der Waals surface area (Å²) in [5.74, 6) is 0.827. The summed E-state index contributed by atoms with van der Waals surface area (Å²) in [5.41, 5.74) is 7.81. The molecule has 1 heterocycles. The maximum absolute atomic E-state index is 5.71. The molecule has 1 aromatic carbocycles. The van der Waals surface area contributed by atoms with Crippen LogP contribution in [0.1, 0.15) is 32.6 Å². The average Bonchev–Trinajstić information content (AvgIpc) is 3.00. The van der Waals surface area contributed by atoms with Crippen LogP contribution in [-0.2, 0) is 6.54 Å². The van der Waals surface area contributed by atoms with Gasteiger partial charge in [-0.1, -0.05) is 19.8 Å². The van der Waals surface area contributed by atoms with Crippen molar-refractivity contribution in [1.82, 2.24) is 20.2 Å². The van der Waals surface area contributed by atoms with Crippen molar-refractivity contribution in [1.29, 1.82) is 0 Å². The number of aromatic nitrogens is 4. The van der Waals surface area contributed by atoms with Gasteiger partial charge in [-0.2, -0.15) is 0 Å². The molecule has 2 aromatic rings. The largest absolute Gasteiger partial charge is 0.399 e. The fraction of sp³-hybridized carbons (Fsp3) is 0.500. The number of hydrogen-bond donors (Lipinski definition) is 1. The Hall–Kier alpha value is -1.91. The highest BCUT2D eigenvalue weighted by Crippen LogP contribution is 2.39. The fourth-order valence-corrected chi connectivity index (χ4v) is 2.90. The highest BCUT2D eigenvalue weighted by Gasteiger charge is 2.30. The summed E-state index contributed by atoms with van der Waals surface area (Å²) in [4.78, 5) is 0. The molecule has 0 radical (unpaired) electrons. The van der Waals surface area contributed by atoms with E-state index < -0.39 is 0 Å². The first-order chi connectivity index (χ1) is 9.16. The van der Waals surface area contributed by atoms with Crippen LogP contribution < -0.4 is 5.73 Å². The molecule has 1 aliphatic rings. The second kappa shape index (κ2) is 4.64. The van der Waals surface area contributed by atoms with Gasteiger partial charge in [0.15, 0.2) is 5.82 Å². The van der Waals surface area contributed by atoms with Crippen molar-refractivity contribution in [3.8, 4) is 11.4 Å². The minimum absolute atomic E-state index is 0.331. The lowest BCUT2D eigenvalue weighted by molar-refractivity contribution is 0.267. The monoisotopic (exact) mass is 257 g/mol. The normalized spacial score (nSPS) is 17.7. The first-order valence-electron chi connectivity index (χ1n) is 6.78. The Bertz CT molecular complexity index is 551. The Morgan fingerprint density at radius 2 is 1.89 bits per heavy atom. The van der Waals surface area contributed by atoms with Crippen molar-refractivity contribution in [3.05, 3.63) is 24.3 Å². The summed E-state index contributed by atoms with van der Waals surface area (Å²) in [6, 6.07) is 7.69. The van der Waals surface area contributed by atoms with E-state index >= 15 is 0 Å². The molecule has 1 saturated carbocycles. The molecule has 0 aliphatic heterocycles. The quantitative estimate of drug-likeness (QED) is 0.858. The summed E-state index contributed by atoms with van der Waals surface area (Å²) < 4.78 is 1.93. The van der Waals surface area contributed by atoms with E-state index in [1.807, 2.05) is 28.9 Å². The minimum Gasteiger partial charge on any atom is -0.399 e. The molecular weight excluding hydrogens is 238 g/mol. The summed E-state index contributed by atoms with van der Waals surface area (Å²) >= 11 is 0. The molecule has 0 unspecified atom stereocenters. The highest BCUT2D eigenvalue weighted by atomic mass is 15.5. The molecule has 0 bridgehead atoms. The van der Waals surface area contributed by atoms with Crippen LogP contribution in [0.2, 0.25) is 0 Å². The van der Waals surface area contributed by atoms with E-state index in [9.17, 15) is 0 Å². The van der Waals surface area contributed by atoms with Crippen LogP contribution in [0.15, 0.2) is 24.3 Å². The van der Waals surface area contributed by atoms with Gasteiger partial charge in [-0.3, -0.25) is 0 Å². The van der Waals surface area contributed by atoms with E-state index in [0.29, 0.717) is 5.41 Å². The van der Waals surface area contributed by atoms with Crippen molar-refractivity contribution >= 4 is 5.69 Å². The second-order valence-corrected chi connectivity index (χ2v) is 5.80. The Balaban J connectivity index is 1.88. The zero-order chi connectivity index (χ0) is 13.3. The van der Waals surface area contributed by atoms with Gasteiger partial charge >= 0.3 is 0 Å². The highest BCUT2D eigenvalue weighted by molar-refractivity contribution is 5.58. The molecule has 0 saturated heterocycles. The molecule has 19 heavy (non-hydrogen) atoms. The van der Waals surface area contributed by atoms with Crippen molar-refractivity contribution in [3.63, 3.8) is 0 Å². The lowest BCUT2D eigenvalue weighted by Gasteiger charge is -2.23. The Labute approximate surface area is 112 Å². The predicted octanol–water partition coefficient (Wildman–Crippen LogP) is 2.50. The molecule has 2 N–H and O–H groups in total. The third kappa shape index (κ3) is 2.45. The van der Waals surface area contributed by atoms with Crippen molar-refractivity contribution in [2.45, 2.75) is 39.2 Å². The third-order valence-corrected chi connectivity index (χ3v) is 4.04. The first kappa shape index (κ1) is 12.1. The Kier molecular flexibility index (Phi) is 2.97. The molecule has 0 spiro atoms. The number of tetrazole rings is 1. The fourth-order valence-electron chi connectivity index (χ4n) is 2.90. The molecule has 1 fully saturated rings. The summed E-state index contributed by atoms with van der Waals surface area (Å²) in [6.07, 6.45) is 5.15. The molecule has 3 rings (SSSR count). The van der Waals surface area contributed by atoms with E-state index in [1.165, 1.54) is 25.7 Å². The number of anilines is 1. The zero-order valence-electron chi connectivity index (χ0n) is 11.2. The predicted molar refractivity (Wildman–Crippen MR) is 74.2 cm³/mol. The van der Waals surface area contributed by atoms with Gasteiger partial charge in [-0.05, 0) is 52.9 Å². The number of nitrogens with zero attached hydrogens (tertiary/aromatic N) is 4. The zero-order valence-corrected chi connectivity index (χ0v) is 11.2. The summed E-state index contributed by atoms with van der Waals surface area (Å²) in [5, 5.41) is 12.1. The van der Waals surface area contributed by atoms with Crippen LogP contribution in [0.25, 0.3) is 11.4 Å². The average molecular weight is 257 g/mol. The maximum atomic E-state index is 5.71. The van der Waals surface area contributed by atoms with Gasteiger partial charge in [0.05, 0.1) is 6.54 Å². The van der Waals surface area contributed by atoms with Gasteiger partial charge in [-0.25, -0.2) is 4.68 Å². The van der Waals surface area contributed by atoms with E-state index in [2.05, 4.69) is 22.4 Å². The Morgan fingerprint density at radius 1 is 1.21 bits per heavy atom. The standard InChI is InChI=1S/C14H19N5/c1-14(8-2-3-9-14)10-19-13(16-17-18-19)11-4-6-12(15)7-5-11/h4-7H,2-3,8-10,15H2,1H3. The van der Waals surface area contributed by atoms with Crippen LogP contribution in [0, 0.1) is 5.41 Å². The second-order valence-electron chi connectivity index (χ2n) is 5.80. The van der Waals surface area contributed by atoms with Crippen molar-refractivity contribution < 1.29 is 0 Å². The van der Waals surface area contributed by atoms with E-state index in [-0.39, 0.29) is 0 Å². The van der Waals surface area contributed by atoms with Gasteiger partial charge in [0.2, 0.25) is 0 Å². The van der Waals surface area contributed by atoms with Gasteiger partial charge in [0, 0.05) is 11.3 Å².